The molecule has 1 aliphatic rings. The Balaban J connectivity index is 2.50. The van der Waals surface area contributed by atoms with Gasteiger partial charge in [-0.05, 0) is 45.1 Å². The molecule has 3 atom stereocenters. The van der Waals surface area contributed by atoms with E-state index in [-0.39, 0.29) is 42.2 Å². The Kier molecular flexibility index (Phi) is 9.95. The lowest BCUT2D eigenvalue weighted by Crippen LogP contribution is -2.50. The number of aliphatic hydroxyl groups is 1. The zero-order chi connectivity index (χ0) is 25.6. The van der Waals surface area contributed by atoms with Gasteiger partial charge >= 0.3 is 0 Å². The van der Waals surface area contributed by atoms with Gasteiger partial charge in [-0.25, -0.2) is 8.42 Å². The molecule has 0 radical (unpaired) electrons. The maximum atomic E-state index is 13.5. The van der Waals surface area contributed by atoms with Gasteiger partial charge in [0, 0.05) is 37.5 Å². The van der Waals surface area contributed by atoms with Crippen LogP contribution < -0.4 is 4.74 Å². The number of aliphatic hydroxyl groups excluding tert-OH is 1. The molecule has 0 bridgehead atoms. The molecule has 0 unspecified atom stereocenters. The smallest absolute Gasteiger partial charge is 0.247 e. The number of rotatable bonds is 7. The van der Waals surface area contributed by atoms with E-state index in [1.165, 1.54) is 10.4 Å². The highest BCUT2D eigenvalue weighted by Gasteiger charge is 2.38. The molecular weight excluding hydrogens is 454 g/mol. The molecule has 0 fully saturated rings. The zero-order valence-electron chi connectivity index (χ0n) is 21.4. The number of hydrogen-bond donors (Lipinski definition) is 1. The maximum absolute atomic E-state index is 13.5. The average molecular weight is 494 g/mol. The number of carbonyl (C=O) groups excluding carboxylic acids is 1. The Morgan fingerprint density at radius 3 is 2.53 bits per heavy atom. The number of likely N-dealkylation sites (N-methyl/N-ethyl adjacent to an activating group) is 2. The first kappa shape index (κ1) is 28.1. The van der Waals surface area contributed by atoms with E-state index in [0.29, 0.717) is 18.0 Å². The molecule has 0 saturated heterocycles. The molecule has 0 spiro atoms. The van der Waals surface area contributed by atoms with Crippen LogP contribution in [0.1, 0.15) is 39.7 Å². The van der Waals surface area contributed by atoms with Crippen molar-refractivity contribution in [2.45, 2.75) is 51.2 Å². The lowest BCUT2D eigenvalue weighted by Gasteiger charge is -2.37. The number of benzene rings is 1. The van der Waals surface area contributed by atoms with E-state index in [1.54, 1.807) is 35.9 Å². The van der Waals surface area contributed by atoms with Crippen molar-refractivity contribution in [1.29, 1.82) is 0 Å². The maximum Gasteiger partial charge on any atom is 0.247 e. The fourth-order valence-corrected chi connectivity index (χ4v) is 5.47. The molecule has 9 heteroatoms. The summed E-state index contributed by atoms with van der Waals surface area (Å²) < 4.78 is 34.7. The van der Waals surface area contributed by atoms with Gasteiger partial charge in [-0.1, -0.05) is 32.6 Å². The first-order valence-corrected chi connectivity index (χ1v) is 13.1. The van der Waals surface area contributed by atoms with Crippen molar-refractivity contribution < 1.29 is 23.1 Å². The van der Waals surface area contributed by atoms with Gasteiger partial charge in [0.05, 0.1) is 19.7 Å². The van der Waals surface area contributed by atoms with Crippen LogP contribution in [0.5, 0.6) is 5.75 Å². The predicted octanol–water partition coefficient (Wildman–Crippen LogP) is 1.87. The first-order valence-electron chi connectivity index (χ1n) is 11.7. The number of sulfonamides is 1. The molecule has 1 aliphatic heterocycles. The molecule has 1 aromatic carbocycles. The number of hydrogen-bond acceptors (Lipinski definition) is 6. The summed E-state index contributed by atoms with van der Waals surface area (Å²) in [5.41, 5.74) is 0.667. The minimum Gasteiger partial charge on any atom is -0.487 e. The highest BCUT2D eigenvalue weighted by Crippen LogP contribution is 2.34. The quantitative estimate of drug-likeness (QED) is 0.584. The zero-order valence-corrected chi connectivity index (χ0v) is 22.2. The van der Waals surface area contributed by atoms with Crippen molar-refractivity contribution in [3.63, 3.8) is 0 Å². The Morgan fingerprint density at radius 1 is 1.26 bits per heavy atom. The molecule has 0 aromatic heterocycles. The van der Waals surface area contributed by atoms with Crippen LogP contribution in [0, 0.1) is 23.7 Å². The van der Waals surface area contributed by atoms with Crippen LogP contribution in [0.2, 0.25) is 0 Å². The second kappa shape index (κ2) is 12.0. The molecule has 1 amide bonds. The van der Waals surface area contributed by atoms with Crippen molar-refractivity contribution in [3.8, 4) is 17.6 Å². The predicted molar refractivity (Wildman–Crippen MR) is 133 cm³/mol. The largest absolute Gasteiger partial charge is 0.487 e. The summed E-state index contributed by atoms with van der Waals surface area (Å²) in [7, 11) is 1.48. The van der Waals surface area contributed by atoms with E-state index >= 15 is 0 Å². The van der Waals surface area contributed by atoms with Gasteiger partial charge in [-0.15, -0.1) is 0 Å². The van der Waals surface area contributed by atoms with E-state index in [4.69, 9.17) is 4.74 Å². The lowest BCUT2D eigenvalue weighted by molar-refractivity contribution is -0.132. The topological polar surface area (TPSA) is 90.4 Å². The fraction of sp³-hybridized carbons (Fsp3) is 0.640. The highest BCUT2D eigenvalue weighted by molar-refractivity contribution is 7.89. The number of fused-ring (bicyclic) bond motifs is 1. The van der Waals surface area contributed by atoms with Crippen molar-refractivity contribution in [2.75, 3.05) is 47.4 Å². The summed E-state index contributed by atoms with van der Waals surface area (Å²) in [4.78, 5) is 16.0. The summed E-state index contributed by atoms with van der Waals surface area (Å²) >= 11 is 0. The molecular formula is C25H39N3O5S. The van der Waals surface area contributed by atoms with E-state index in [2.05, 4.69) is 25.7 Å². The van der Waals surface area contributed by atoms with Gasteiger partial charge in [0.25, 0.3) is 0 Å². The Hall–Kier alpha value is -2.12. The summed E-state index contributed by atoms with van der Waals surface area (Å²) in [5.74, 6) is 6.58. The molecule has 1 N–H and O–H groups in total. The second-order valence-corrected chi connectivity index (χ2v) is 11.7. The van der Waals surface area contributed by atoms with Gasteiger partial charge in [0.2, 0.25) is 15.9 Å². The van der Waals surface area contributed by atoms with Crippen LogP contribution in [0.25, 0.3) is 0 Å². The highest BCUT2D eigenvalue weighted by atomic mass is 32.2. The Bertz CT molecular complexity index is 1010. The van der Waals surface area contributed by atoms with Gasteiger partial charge in [-0.3, -0.25) is 4.79 Å². The monoisotopic (exact) mass is 493 g/mol. The molecule has 0 saturated carbocycles. The van der Waals surface area contributed by atoms with Crippen molar-refractivity contribution in [3.05, 3.63) is 23.8 Å². The lowest BCUT2D eigenvalue weighted by atomic mass is 10.0. The molecule has 8 nitrogen and oxygen atoms in total. The summed E-state index contributed by atoms with van der Waals surface area (Å²) in [6.07, 6.45) is 0.286. The molecule has 34 heavy (non-hydrogen) atoms. The number of carbonyl (C=O) groups is 1. The average Bonchev–Trinajstić information content (AvgIpc) is 2.74. The minimum atomic E-state index is -3.91. The van der Waals surface area contributed by atoms with E-state index < -0.39 is 22.2 Å². The molecule has 1 heterocycles. The van der Waals surface area contributed by atoms with Gasteiger partial charge < -0.3 is 19.6 Å². The van der Waals surface area contributed by atoms with E-state index in [1.807, 2.05) is 21.0 Å². The van der Waals surface area contributed by atoms with E-state index in [0.717, 1.165) is 6.42 Å². The minimum absolute atomic E-state index is 0.0429. The van der Waals surface area contributed by atoms with Crippen LogP contribution in [-0.4, -0.2) is 93.1 Å². The molecule has 1 aromatic rings. The number of nitrogens with zero attached hydrogens (tertiary/aromatic N) is 3. The molecule has 2 rings (SSSR count). The third kappa shape index (κ3) is 7.19. The number of amides is 1. The van der Waals surface area contributed by atoms with Crippen LogP contribution in [0.15, 0.2) is 23.1 Å². The summed E-state index contributed by atoms with van der Waals surface area (Å²) in [5, 5.41) is 9.76. The normalized spacial score (nSPS) is 21.0. The van der Waals surface area contributed by atoms with Crippen molar-refractivity contribution in [2.24, 2.45) is 11.8 Å². The summed E-state index contributed by atoms with van der Waals surface area (Å²) in [6, 6.07) is 4.27. The number of ether oxygens (including phenoxy) is 1. The van der Waals surface area contributed by atoms with Crippen LogP contribution in [0.4, 0.5) is 0 Å². The standard InChI is InChI=1S/C25H39N3O5S/c1-18(2)9-8-10-21-11-12-24-22(13-21)33-23(15-27(7)25(30)16-26(5)6)19(3)14-28(20(4)17-29)34(24,31)32/h11-13,18-20,23,29H,9,14-17H2,1-7H3/t19-,20-,23-/m1/s1. The van der Waals surface area contributed by atoms with Gasteiger partial charge in [0.1, 0.15) is 16.7 Å². The summed E-state index contributed by atoms with van der Waals surface area (Å²) in [6.45, 7) is 8.19. The van der Waals surface area contributed by atoms with Crippen LogP contribution in [-0.2, 0) is 14.8 Å². The Labute approximate surface area is 204 Å². The third-order valence-corrected chi connectivity index (χ3v) is 7.76. The van der Waals surface area contributed by atoms with Crippen LogP contribution >= 0.6 is 0 Å². The SMILES string of the molecule is CC(C)CC#Cc1ccc2c(c1)O[C@H](CN(C)C(=O)CN(C)C)[C@H](C)CN([C@H](C)CO)S2(=O)=O. The van der Waals surface area contributed by atoms with E-state index in [9.17, 15) is 18.3 Å². The molecule has 0 aliphatic carbocycles. The van der Waals surface area contributed by atoms with Crippen molar-refractivity contribution in [1.82, 2.24) is 14.1 Å². The second-order valence-electron chi connectivity index (χ2n) is 9.81. The Morgan fingerprint density at radius 2 is 1.94 bits per heavy atom. The molecule has 190 valence electrons. The van der Waals surface area contributed by atoms with Crippen LogP contribution in [0.3, 0.4) is 0 Å². The van der Waals surface area contributed by atoms with Gasteiger partial charge in [-0.2, -0.15) is 4.31 Å². The van der Waals surface area contributed by atoms with Crippen molar-refractivity contribution >= 4 is 15.9 Å². The first-order chi connectivity index (χ1) is 15.9. The third-order valence-electron chi connectivity index (χ3n) is 5.74. The van der Waals surface area contributed by atoms with Gasteiger partial charge in [0.15, 0.2) is 0 Å². The fourth-order valence-electron chi connectivity index (χ4n) is 3.64.